The molecular formula is C15H21N3O. The zero-order chi connectivity index (χ0) is 13.4. The molecule has 1 N–H and O–H groups in total. The number of methoxy groups -OCH3 is 1. The summed E-state index contributed by atoms with van der Waals surface area (Å²) in [5.74, 6) is 2.63. The molecule has 0 bridgehead atoms. The second-order valence-electron chi connectivity index (χ2n) is 5.43. The highest BCUT2D eigenvalue weighted by Crippen LogP contribution is 2.30. The average molecular weight is 259 g/mol. The van der Waals surface area contributed by atoms with Gasteiger partial charge < -0.3 is 14.6 Å². The Kier molecular flexibility index (Phi) is 3.19. The number of nitrogens with one attached hydrogen (secondary N) is 1. The molecule has 4 heteroatoms. The molecule has 1 aliphatic heterocycles. The van der Waals surface area contributed by atoms with Crippen molar-refractivity contribution in [2.45, 2.75) is 25.8 Å². The molecule has 0 radical (unpaired) electrons. The van der Waals surface area contributed by atoms with Crippen molar-refractivity contribution in [3.05, 3.63) is 24.0 Å². The Bertz CT molecular complexity index is 590. The van der Waals surface area contributed by atoms with Gasteiger partial charge in [0.1, 0.15) is 11.6 Å². The third-order valence-electron chi connectivity index (χ3n) is 4.17. The zero-order valence-electron chi connectivity index (χ0n) is 11.8. The predicted octanol–water partition coefficient (Wildman–Crippen LogP) is 2.64. The molecule has 102 valence electrons. The number of hydrogen-bond donors (Lipinski definition) is 1. The molecule has 1 aliphatic rings. The number of hydrogen-bond acceptors (Lipinski definition) is 3. The van der Waals surface area contributed by atoms with Gasteiger partial charge in [0.2, 0.25) is 0 Å². The molecule has 0 spiro atoms. The molecule has 1 saturated heterocycles. The van der Waals surface area contributed by atoms with Crippen LogP contribution in [-0.4, -0.2) is 23.2 Å². The SMILES string of the molecule is COc1ccc2c(c1)nc(C1NCCCC1C)n2C. The third-order valence-corrected chi connectivity index (χ3v) is 4.17. The van der Waals surface area contributed by atoms with E-state index in [-0.39, 0.29) is 0 Å². The van der Waals surface area contributed by atoms with E-state index in [1.165, 1.54) is 12.8 Å². The third kappa shape index (κ3) is 2.10. The standard InChI is InChI=1S/C15H21N3O/c1-10-5-4-8-16-14(10)15-17-12-9-11(19-3)6-7-13(12)18(15)2/h6-7,9-10,14,16H,4-5,8H2,1-3H3. The fraction of sp³-hybridized carbons (Fsp3) is 0.533. The number of piperidine rings is 1. The summed E-state index contributed by atoms with van der Waals surface area (Å²) in [4.78, 5) is 4.82. The number of nitrogens with zero attached hydrogens (tertiary/aromatic N) is 2. The van der Waals surface area contributed by atoms with Gasteiger partial charge in [0, 0.05) is 13.1 Å². The molecule has 1 aromatic heterocycles. The number of ether oxygens (including phenoxy) is 1. The lowest BCUT2D eigenvalue weighted by atomic mass is 9.92. The molecule has 4 nitrogen and oxygen atoms in total. The minimum absolute atomic E-state index is 0.358. The molecule has 0 amide bonds. The Hall–Kier alpha value is -1.55. The van der Waals surface area contributed by atoms with Crippen molar-refractivity contribution in [2.24, 2.45) is 13.0 Å². The first-order valence-corrected chi connectivity index (χ1v) is 6.94. The Balaban J connectivity index is 2.06. The van der Waals surface area contributed by atoms with Gasteiger partial charge >= 0.3 is 0 Å². The van der Waals surface area contributed by atoms with Crippen LogP contribution in [0.25, 0.3) is 11.0 Å². The van der Waals surface area contributed by atoms with Gasteiger partial charge in [-0.2, -0.15) is 0 Å². The van der Waals surface area contributed by atoms with E-state index in [1.54, 1.807) is 7.11 Å². The van der Waals surface area contributed by atoms with Gasteiger partial charge in [-0.25, -0.2) is 4.98 Å². The maximum atomic E-state index is 5.27. The molecule has 0 aliphatic carbocycles. The van der Waals surface area contributed by atoms with E-state index in [2.05, 4.69) is 29.9 Å². The van der Waals surface area contributed by atoms with Crippen molar-refractivity contribution in [2.75, 3.05) is 13.7 Å². The van der Waals surface area contributed by atoms with E-state index in [0.717, 1.165) is 29.2 Å². The van der Waals surface area contributed by atoms with Crippen molar-refractivity contribution in [3.8, 4) is 5.75 Å². The van der Waals surface area contributed by atoms with Gasteiger partial charge in [-0.05, 0) is 37.4 Å². The van der Waals surface area contributed by atoms with Gasteiger partial charge in [-0.15, -0.1) is 0 Å². The maximum absolute atomic E-state index is 5.27. The van der Waals surface area contributed by atoms with Crippen LogP contribution in [0.2, 0.25) is 0 Å². The number of aryl methyl sites for hydroxylation is 1. The first-order valence-electron chi connectivity index (χ1n) is 6.94. The van der Waals surface area contributed by atoms with Crippen LogP contribution in [0.1, 0.15) is 31.6 Å². The first-order chi connectivity index (χ1) is 9.20. The van der Waals surface area contributed by atoms with Gasteiger partial charge in [-0.3, -0.25) is 0 Å². The maximum Gasteiger partial charge on any atom is 0.127 e. The zero-order valence-corrected chi connectivity index (χ0v) is 11.8. The first kappa shape index (κ1) is 12.5. The molecule has 1 aromatic carbocycles. The molecule has 2 unspecified atom stereocenters. The second kappa shape index (κ2) is 4.85. The molecule has 0 saturated carbocycles. The Morgan fingerprint density at radius 2 is 2.26 bits per heavy atom. The molecule has 1 fully saturated rings. The molecular weight excluding hydrogens is 238 g/mol. The molecule has 19 heavy (non-hydrogen) atoms. The number of aromatic nitrogens is 2. The van der Waals surface area contributed by atoms with Crippen molar-refractivity contribution in [3.63, 3.8) is 0 Å². The highest BCUT2D eigenvalue weighted by molar-refractivity contribution is 5.77. The van der Waals surface area contributed by atoms with Crippen LogP contribution >= 0.6 is 0 Å². The molecule has 2 atom stereocenters. The van der Waals surface area contributed by atoms with E-state index >= 15 is 0 Å². The van der Waals surface area contributed by atoms with Gasteiger partial charge in [0.05, 0.1) is 24.2 Å². The predicted molar refractivity (Wildman–Crippen MR) is 76.4 cm³/mol. The van der Waals surface area contributed by atoms with Crippen LogP contribution in [0.3, 0.4) is 0 Å². The minimum atomic E-state index is 0.358. The quantitative estimate of drug-likeness (QED) is 0.901. The van der Waals surface area contributed by atoms with Crippen molar-refractivity contribution < 1.29 is 4.74 Å². The van der Waals surface area contributed by atoms with Crippen LogP contribution in [0.4, 0.5) is 0 Å². The van der Waals surface area contributed by atoms with Gasteiger partial charge in [0.25, 0.3) is 0 Å². The molecule has 2 heterocycles. The fourth-order valence-electron chi connectivity index (χ4n) is 3.00. The highest BCUT2D eigenvalue weighted by atomic mass is 16.5. The van der Waals surface area contributed by atoms with E-state index in [1.807, 2.05) is 12.1 Å². The summed E-state index contributed by atoms with van der Waals surface area (Å²) in [6.07, 6.45) is 2.53. The highest BCUT2D eigenvalue weighted by Gasteiger charge is 2.26. The Labute approximate surface area is 113 Å². The topological polar surface area (TPSA) is 39.1 Å². The normalized spacial score (nSPS) is 23.7. The van der Waals surface area contributed by atoms with Crippen LogP contribution in [0.15, 0.2) is 18.2 Å². The van der Waals surface area contributed by atoms with E-state index < -0.39 is 0 Å². The molecule has 3 rings (SSSR count). The summed E-state index contributed by atoms with van der Waals surface area (Å²) in [5, 5.41) is 3.60. The number of rotatable bonds is 2. The van der Waals surface area contributed by atoms with E-state index in [4.69, 9.17) is 9.72 Å². The Morgan fingerprint density at radius 3 is 3.00 bits per heavy atom. The van der Waals surface area contributed by atoms with Crippen LogP contribution in [-0.2, 0) is 7.05 Å². The number of fused-ring (bicyclic) bond motifs is 1. The second-order valence-corrected chi connectivity index (χ2v) is 5.43. The smallest absolute Gasteiger partial charge is 0.127 e. The summed E-state index contributed by atoms with van der Waals surface area (Å²) >= 11 is 0. The summed E-state index contributed by atoms with van der Waals surface area (Å²) in [6.45, 7) is 3.39. The average Bonchev–Trinajstić information content (AvgIpc) is 2.76. The van der Waals surface area contributed by atoms with Crippen LogP contribution in [0, 0.1) is 5.92 Å². The monoisotopic (exact) mass is 259 g/mol. The lowest BCUT2D eigenvalue weighted by Gasteiger charge is -2.29. The minimum Gasteiger partial charge on any atom is -0.497 e. The fourth-order valence-corrected chi connectivity index (χ4v) is 3.00. The largest absolute Gasteiger partial charge is 0.497 e. The van der Waals surface area contributed by atoms with Crippen LogP contribution in [0.5, 0.6) is 5.75 Å². The van der Waals surface area contributed by atoms with E-state index in [0.29, 0.717) is 12.0 Å². The van der Waals surface area contributed by atoms with E-state index in [9.17, 15) is 0 Å². The van der Waals surface area contributed by atoms with Crippen molar-refractivity contribution in [1.29, 1.82) is 0 Å². The summed E-state index contributed by atoms with van der Waals surface area (Å²) in [5.41, 5.74) is 2.17. The Morgan fingerprint density at radius 1 is 1.42 bits per heavy atom. The van der Waals surface area contributed by atoms with Gasteiger partial charge in [0.15, 0.2) is 0 Å². The summed E-state index contributed by atoms with van der Waals surface area (Å²) in [7, 11) is 3.79. The van der Waals surface area contributed by atoms with Gasteiger partial charge in [-0.1, -0.05) is 6.92 Å². The lowest BCUT2D eigenvalue weighted by molar-refractivity contribution is 0.291. The summed E-state index contributed by atoms with van der Waals surface area (Å²) < 4.78 is 7.48. The van der Waals surface area contributed by atoms with Crippen molar-refractivity contribution >= 4 is 11.0 Å². The number of imidazole rings is 1. The molecule has 2 aromatic rings. The van der Waals surface area contributed by atoms with Crippen LogP contribution < -0.4 is 10.1 Å². The summed E-state index contributed by atoms with van der Waals surface area (Å²) in [6, 6.07) is 6.44. The number of benzene rings is 1. The van der Waals surface area contributed by atoms with Crippen molar-refractivity contribution in [1.82, 2.24) is 14.9 Å². The lowest BCUT2D eigenvalue weighted by Crippen LogP contribution is -2.34.